The van der Waals surface area contributed by atoms with Crippen LogP contribution in [0.5, 0.6) is 0 Å². The van der Waals surface area contributed by atoms with Gasteiger partial charge in [-0.1, -0.05) is 140 Å². The molecule has 0 unspecified atom stereocenters. The lowest BCUT2D eigenvalue weighted by Crippen LogP contribution is -1.97. The quantitative estimate of drug-likeness (QED) is 0.180. The number of para-hydroxylation sites is 3. The Hall–Kier alpha value is -6.51. The summed E-state index contributed by atoms with van der Waals surface area (Å²) in [5.74, 6) is 0.942. The minimum atomic E-state index is 0.942. The van der Waals surface area contributed by atoms with Gasteiger partial charge in [-0.2, -0.15) is 0 Å². The van der Waals surface area contributed by atoms with E-state index in [9.17, 15) is 0 Å². The third kappa shape index (κ3) is 3.74. The molecule has 0 aliphatic rings. The Morgan fingerprint density at radius 2 is 0.898 bits per heavy atom. The highest BCUT2D eigenvalue weighted by Crippen LogP contribution is 2.45. The van der Waals surface area contributed by atoms with Crippen molar-refractivity contribution in [2.24, 2.45) is 0 Å². The molecule has 0 aliphatic carbocycles. The van der Waals surface area contributed by atoms with Gasteiger partial charge >= 0.3 is 0 Å². The van der Waals surface area contributed by atoms with Crippen LogP contribution >= 0.6 is 0 Å². The van der Waals surface area contributed by atoms with E-state index in [1.54, 1.807) is 0 Å². The predicted molar refractivity (Wildman–Crippen MR) is 208 cm³/mol. The van der Waals surface area contributed by atoms with Crippen molar-refractivity contribution in [3.63, 3.8) is 0 Å². The number of hydrogen-bond acceptors (Lipinski definition) is 1. The van der Waals surface area contributed by atoms with Crippen LogP contribution in [-0.2, 0) is 0 Å². The Balaban J connectivity index is 1.20. The van der Waals surface area contributed by atoms with Crippen LogP contribution in [0.25, 0.3) is 104 Å². The van der Waals surface area contributed by atoms with E-state index < -0.39 is 0 Å². The molecule has 1 heterocycles. The highest BCUT2D eigenvalue weighted by Gasteiger charge is 2.18. The molecule has 0 fully saturated rings. The zero-order chi connectivity index (χ0) is 32.1. The highest BCUT2D eigenvalue weighted by molar-refractivity contribution is 6.37. The van der Waals surface area contributed by atoms with Crippen molar-refractivity contribution in [3.05, 3.63) is 170 Å². The van der Waals surface area contributed by atoms with E-state index >= 15 is 0 Å². The Labute approximate surface area is 282 Å². The Kier molecular flexibility index (Phi) is 5.42. The van der Waals surface area contributed by atoms with Crippen LogP contribution in [0.1, 0.15) is 0 Å². The molecule has 0 spiro atoms. The summed E-state index contributed by atoms with van der Waals surface area (Å²) >= 11 is 0. The second kappa shape index (κ2) is 10.00. The molecule has 10 aromatic carbocycles. The van der Waals surface area contributed by atoms with Gasteiger partial charge in [-0.25, -0.2) is 4.98 Å². The lowest BCUT2D eigenvalue weighted by molar-refractivity contribution is 1.10. The summed E-state index contributed by atoms with van der Waals surface area (Å²) in [4.78, 5) is 5.12. The molecule has 2 nitrogen and oxygen atoms in total. The second-order valence-electron chi connectivity index (χ2n) is 13.1. The summed E-state index contributed by atoms with van der Waals surface area (Å²) in [6.45, 7) is 0. The zero-order valence-electron chi connectivity index (χ0n) is 26.6. The topological polar surface area (TPSA) is 17.8 Å². The smallest absolute Gasteiger partial charge is 0.145 e. The molecule has 0 atom stereocenters. The molecule has 1 aromatic heterocycles. The van der Waals surface area contributed by atoms with E-state index in [1.807, 2.05) is 0 Å². The summed E-state index contributed by atoms with van der Waals surface area (Å²) in [5, 5.41) is 15.6. The number of nitrogens with zero attached hydrogens (tertiary/aromatic N) is 2. The standard InChI is InChI=1S/C47H28N2/c1-2-13-34(14-3-1)49-42-21-5-4-20-41(42)48-47(49)32-26-22-29(23-27-32)40-28-33-12-8-17-36-35-15-6-10-30-24-25-31-11-7-16-37(44(31)43(30)35)38-18-9-19-39(40)46(38)45(33)36/h1-28H. The number of benzene rings is 9. The Morgan fingerprint density at radius 3 is 1.59 bits per heavy atom. The van der Waals surface area contributed by atoms with Crippen molar-refractivity contribution in [1.82, 2.24) is 9.55 Å². The van der Waals surface area contributed by atoms with Gasteiger partial charge in [0.05, 0.1) is 11.0 Å². The molecule has 0 radical (unpaired) electrons. The van der Waals surface area contributed by atoms with Gasteiger partial charge in [0.1, 0.15) is 5.82 Å². The lowest BCUT2D eigenvalue weighted by Gasteiger charge is -2.18. The molecule has 11 rings (SSSR count). The van der Waals surface area contributed by atoms with Crippen molar-refractivity contribution in [2.75, 3.05) is 0 Å². The van der Waals surface area contributed by atoms with Crippen LogP contribution < -0.4 is 0 Å². The number of hydrogen-bond donors (Lipinski definition) is 0. The van der Waals surface area contributed by atoms with Crippen LogP contribution in [0.15, 0.2) is 170 Å². The van der Waals surface area contributed by atoms with E-state index in [0.29, 0.717) is 0 Å². The van der Waals surface area contributed by atoms with Crippen LogP contribution in [0, 0.1) is 0 Å². The molecule has 0 amide bonds. The fourth-order valence-corrected chi connectivity index (χ4v) is 8.40. The van der Waals surface area contributed by atoms with Crippen LogP contribution in [-0.4, -0.2) is 9.55 Å². The van der Waals surface area contributed by atoms with Gasteiger partial charge in [0, 0.05) is 11.3 Å². The summed E-state index contributed by atoms with van der Waals surface area (Å²) in [7, 11) is 0. The fraction of sp³-hybridized carbons (Fsp3) is 0. The van der Waals surface area contributed by atoms with Gasteiger partial charge in [0.2, 0.25) is 0 Å². The van der Waals surface area contributed by atoms with E-state index in [-0.39, 0.29) is 0 Å². The average Bonchev–Trinajstić information content (AvgIpc) is 3.56. The van der Waals surface area contributed by atoms with Crippen molar-refractivity contribution >= 4 is 75.7 Å². The van der Waals surface area contributed by atoms with Crippen molar-refractivity contribution in [3.8, 4) is 28.2 Å². The third-order valence-corrected chi connectivity index (χ3v) is 10.5. The first-order chi connectivity index (χ1) is 24.3. The molecule has 0 aliphatic heterocycles. The summed E-state index contributed by atoms with van der Waals surface area (Å²) in [6, 6.07) is 62.0. The Morgan fingerprint density at radius 1 is 0.367 bits per heavy atom. The number of aromatic nitrogens is 2. The SMILES string of the molecule is c1ccc(-n2c(-c3ccc(-c4cc5cccc6c7cccc8ccc9cccc(c%10cccc4c%10c56)c9c87)cc3)nc3ccccc32)cc1. The van der Waals surface area contributed by atoms with Crippen molar-refractivity contribution < 1.29 is 0 Å². The van der Waals surface area contributed by atoms with Gasteiger partial charge in [0.15, 0.2) is 0 Å². The average molecular weight is 621 g/mol. The number of imidazole rings is 1. The molecule has 2 heteroatoms. The highest BCUT2D eigenvalue weighted by atomic mass is 15.1. The van der Waals surface area contributed by atoms with Crippen LogP contribution in [0.2, 0.25) is 0 Å². The first-order valence-electron chi connectivity index (χ1n) is 16.9. The summed E-state index contributed by atoms with van der Waals surface area (Å²) in [5.41, 5.74) is 6.71. The molecule has 0 N–H and O–H groups in total. The maximum Gasteiger partial charge on any atom is 0.145 e. The molecular weight excluding hydrogens is 593 g/mol. The molecule has 226 valence electrons. The van der Waals surface area contributed by atoms with Crippen molar-refractivity contribution in [2.45, 2.75) is 0 Å². The van der Waals surface area contributed by atoms with Gasteiger partial charge in [0.25, 0.3) is 0 Å². The van der Waals surface area contributed by atoms with E-state index in [4.69, 9.17) is 4.98 Å². The zero-order valence-corrected chi connectivity index (χ0v) is 26.6. The number of rotatable bonds is 3. The molecule has 0 saturated carbocycles. The van der Waals surface area contributed by atoms with Gasteiger partial charge < -0.3 is 0 Å². The second-order valence-corrected chi connectivity index (χ2v) is 13.1. The first kappa shape index (κ1) is 26.5. The predicted octanol–water partition coefficient (Wildman–Crippen LogP) is 12.7. The van der Waals surface area contributed by atoms with Crippen LogP contribution in [0.4, 0.5) is 0 Å². The molecule has 11 aromatic rings. The van der Waals surface area contributed by atoms with Gasteiger partial charge in [-0.3, -0.25) is 4.57 Å². The lowest BCUT2D eigenvalue weighted by atomic mass is 9.85. The fourth-order valence-electron chi connectivity index (χ4n) is 8.40. The largest absolute Gasteiger partial charge is 0.292 e. The molecule has 0 bridgehead atoms. The third-order valence-electron chi connectivity index (χ3n) is 10.5. The first-order valence-corrected chi connectivity index (χ1v) is 16.9. The van der Waals surface area contributed by atoms with Gasteiger partial charge in [-0.15, -0.1) is 0 Å². The summed E-state index contributed by atoms with van der Waals surface area (Å²) < 4.78 is 2.26. The maximum atomic E-state index is 5.12. The minimum Gasteiger partial charge on any atom is -0.292 e. The Bertz CT molecular complexity index is 3080. The normalized spacial score (nSPS) is 12.1. The van der Waals surface area contributed by atoms with Crippen LogP contribution in [0.3, 0.4) is 0 Å². The van der Waals surface area contributed by atoms with Crippen molar-refractivity contribution in [1.29, 1.82) is 0 Å². The maximum absolute atomic E-state index is 5.12. The monoisotopic (exact) mass is 620 g/mol. The number of fused-ring (bicyclic) bond motifs is 3. The summed E-state index contributed by atoms with van der Waals surface area (Å²) in [6.07, 6.45) is 0. The van der Waals surface area contributed by atoms with Gasteiger partial charge in [-0.05, 0) is 106 Å². The molecular formula is C47H28N2. The van der Waals surface area contributed by atoms with E-state index in [2.05, 4.69) is 174 Å². The minimum absolute atomic E-state index is 0.942. The van der Waals surface area contributed by atoms with E-state index in [1.165, 1.54) is 75.8 Å². The van der Waals surface area contributed by atoms with E-state index in [0.717, 1.165) is 28.1 Å². The molecule has 0 saturated heterocycles. The molecule has 49 heavy (non-hydrogen) atoms.